The lowest BCUT2D eigenvalue weighted by molar-refractivity contribution is -0.138. The number of hydrogen-bond acceptors (Lipinski definition) is 3. The molecule has 1 heterocycles. The van der Waals surface area contributed by atoms with Crippen LogP contribution in [0.25, 0.3) is 0 Å². The van der Waals surface area contributed by atoms with E-state index in [9.17, 15) is 31.1 Å². The monoisotopic (exact) mass is 437 g/mol. The molecule has 3 aromatic rings. The lowest BCUT2D eigenvalue weighted by atomic mass is 9.99. The zero-order valence-corrected chi connectivity index (χ0v) is 15.5. The number of carbonyl (C=O) groups excluding carboxylic acids is 1. The molecule has 1 amide bonds. The Labute approximate surface area is 172 Å². The molecule has 2 aromatic carbocycles. The van der Waals surface area contributed by atoms with Crippen molar-refractivity contribution in [2.75, 3.05) is 0 Å². The van der Waals surface area contributed by atoms with Crippen LogP contribution < -0.4 is 5.43 Å². The number of pyridine rings is 1. The van der Waals surface area contributed by atoms with Gasteiger partial charge in [-0.25, -0.2) is 5.43 Å². The molecule has 10 heteroatoms. The molecule has 4 nitrogen and oxygen atoms in total. The van der Waals surface area contributed by atoms with E-state index >= 15 is 0 Å². The molecular weight excluding hydrogens is 424 g/mol. The van der Waals surface area contributed by atoms with Gasteiger partial charge in [0.05, 0.1) is 16.8 Å². The van der Waals surface area contributed by atoms with Gasteiger partial charge in [-0.05, 0) is 36.4 Å². The number of carbonyl (C=O) groups is 1. The van der Waals surface area contributed by atoms with Crippen molar-refractivity contribution in [2.24, 2.45) is 5.10 Å². The zero-order chi connectivity index (χ0) is 22.6. The van der Waals surface area contributed by atoms with Crippen molar-refractivity contribution in [1.82, 2.24) is 10.4 Å². The van der Waals surface area contributed by atoms with Crippen LogP contribution in [0.1, 0.15) is 32.7 Å². The molecular formula is C21H13F6N3O. The molecule has 0 atom stereocenters. The number of hydrazone groups is 1. The highest BCUT2D eigenvalue weighted by Gasteiger charge is 2.32. The van der Waals surface area contributed by atoms with Gasteiger partial charge in [0.25, 0.3) is 5.91 Å². The number of alkyl halides is 6. The fraction of sp³-hybridized carbons (Fsp3) is 0.0952. The molecule has 0 saturated carbocycles. The van der Waals surface area contributed by atoms with Gasteiger partial charge in [-0.1, -0.05) is 30.3 Å². The Bertz CT molecular complexity index is 1090. The Morgan fingerprint density at radius 3 is 2.03 bits per heavy atom. The maximum Gasteiger partial charge on any atom is 0.416 e. The van der Waals surface area contributed by atoms with Gasteiger partial charge in [-0.2, -0.15) is 31.4 Å². The molecule has 0 unspecified atom stereocenters. The highest BCUT2D eigenvalue weighted by Crippen LogP contribution is 2.31. The van der Waals surface area contributed by atoms with Crippen LogP contribution >= 0.6 is 0 Å². The average Bonchev–Trinajstić information content (AvgIpc) is 2.74. The zero-order valence-electron chi connectivity index (χ0n) is 15.5. The van der Waals surface area contributed by atoms with Gasteiger partial charge >= 0.3 is 12.4 Å². The molecule has 1 aromatic heterocycles. The molecule has 160 valence electrons. The van der Waals surface area contributed by atoms with Crippen molar-refractivity contribution in [3.63, 3.8) is 0 Å². The Hall–Kier alpha value is -3.69. The molecule has 0 aliphatic heterocycles. The van der Waals surface area contributed by atoms with Crippen molar-refractivity contribution in [3.05, 3.63) is 101 Å². The van der Waals surface area contributed by atoms with Crippen LogP contribution in [0, 0.1) is 0 Å². The second-order valence-corrected chi connectivity index (χ2v) is 6.27. The lowest BCUT2D eigenvalue weighted by Crippen LogP contribution is -2.22. The first-order valence-electron chi connectivity index (χ1n) is 8.70. The Morgan fingerprint density at radius 1 is 0.774 bits per heavy atom. The smallest absolute Gasteiger partial charge is 0.266 e. The summed E-state index contributed by atoms with van der Waals surface area (Å²) in [4.78, 5) is 16.0. The van der Waals surface area contributed by atoms with Gasteiger partial charge in [-0.3, -0.25) is 9.78 Å². The molecule has 31 heavy (non-hydrogen) atoms. The number of rotatable bonds is 4. The second-order valence-electron chi connectivity index (χ2n) is 6.27. The van der Waals surface area contributed by atoms with Gasteiger partial charge in [0, 0.05) is 17.3 Å². The lowest BCUT2D eigenvalue weighted by Gasteiger charge is -2.12. The van der Waals surface area contributed by atoms with Crippen LogP contribution in [0.3, 0.4) is 0 Å². The quantitative estimate of drug-likeness (QED) is 0.342. The minimum Gasteiger partial charge on any atom is -0.266 e. The van der Waals surface area contributed by atoms with Crippen LogP contribution in [0.2, 0.25) is 0 Å². The summed E-state index contributed by atoms with van der Waals surface area (Å²) < 4.78 is 77.9. The SMILES string of the molecule is O=C(NN=C(c1ccc(C(F)(F)F)cc1)c1cccc(C(F)(F)F)c1)c1ccccn1. The first-order valence-corrected chi connectivity index (χ1v) is 8.70. The number of amides is 1. The molecule has 3 rings (SSSR count). The highest BCUT2D eigenvalue weighted by molar-refractivity contribution is 6.13. The first kappa shape index (κ1) is 22.0. The van der Waals surface area contributed by atoms with Crippen LogP contribution in [0.5, 0.6) is 0 Å². The van der Waals surface area contributed by atoms with E-state index in [1.165, 1.54) is 18.3 Å². The highest BCUT2D eigenvalue weighted by atomic mass is 19.4. The molecule has 0 spiro atoms. The van der Waals surface area contributed by atoms with Crippen molar-refractivity contribution in [2.45, 2.75) is 12.4 Å². The number of nitrogens with zero attached hydrogens (tertiary/aromatic N) is 2. The van der Waals surface area contributed by atoms with Crippen LogP contribution in [-0.2, 0) is 12.4 Å². The van der Waals surface area contributed by atoms with Crippen molar-refractivity contribution in [3.8, 4) is 0 Å². The first-order chi connectivity index (χ1) is 14.6. The van der Waals surface area contributed by atoms with Crippen LogP contribution in [-0.4, -0.2) is 16.6 Å². The van der Waals surface area contributed by atoms with E-state index in [2.05, 4.69) is 15.5 Å². The third-order valence-electron chi connectivity index (χ3n) is 4.12. The molecule has 0 bridgehead atoms. The standard InChI is InChI=1S/C21H13F6N3O/c22-20(23,24)15-9-7-13(8-10-15)18(14-4-3-5-16(12-14)21(25,26)27)29-30-19(31)17-6-1-2-11-28-17/h1-12H,(H,30,31). The van der Waals surface area contributed by atoms with E-state index < -0.39 is 29.4 Å². The minimum absolute atomic E-state index is 0.00191. The van der Waals surface area contributed by atoms with Crippen molar-refractivity contribution < 1.29 is 31.1 Å². The Balaban J connectivity index is 2.03. The Kier molecular flexibility index (Phi) is 6.09. The summed E-state index contributed by atoms with van der Waals surface area (Å²) in [6, 6.07) is 12.3. The summed E-state index contributed by atoms with van der Waals surface area (Å²) in [6.07, 6.45) is -7.86. The third kappa shape index (κ3) is 5.47. The fourth-order valence-electron chi connectivity index (χ4n) is 2.62. The summed E-state index contributed by atoms with van der Waals surface area (Å²) >= 11 is 0. The minimum atomic E-state index is -4.64. The maximum absolute atomic E-state index is 13.1. The predicted molar refractivity (Wildman–Crippen MR) is 100 cm³/mol. The second kappa shape index (κ2) is 8.58. The van der Waals surface area contributed by atoms with Crippen LogP contribution in [0.15, 0.2) is 78.0 Å². The maximum atomic E-state index is 13.1. The van der Waals surface area contributed by atoms with E-state index in [1.54, 1.807) is 12.1 Å². The van der Waals surface area contributed by atoms with Gasteiger partial charge in [0.15, 0.2) is 0 Å². The largest absolute Gasteiger partial charge is 0.416 e. The number of halogens is 6. The topological polar surface area (TPSA) is 54.4 Å². The summed E-state index contributed by atoms with van der Waals surface area (Å²) in [5.41, 5.74) is 0.162. The number of benzene rings is 2. The van der Waals surface area contributed by atoms with E-state index in [0.717, 1.165) is 42.5 Å². The van der Waals surface area contributed by atoms with E-state index in [-0.39, 0.29) is 22.5 Å². The van der Waals surface area contributed by atoms with E-state index in [0.29, 0.717) is 0 Å². The normalized spacial score (nSPS) is 12.5. The predicted octanol–water partition coefficient (Wildman–Crippen LogP) is 5.30. The molecule has 0 aliphatic carbocycles. The van der Waals surface area contributed by atoms with Gasteiger partial charge in [0.1, 0.15) is 5.69 Å². The third-order valence-corrected chi connectivity index (χ3v) is 4.12. The van der Waals surface area contributed by atoms with E-state index in [1.807, 2.05) is 0 Å². The number of nitrogens with one attached hydrogen (secondary N) is 1. The number of aromatic nitrogens is 1. The van der Waals surface area contributed by atoms with Crippen molar-refractivity contribution in [1.29, 1.82) is 0 Å². The van der Waals surface area contributed by atoms with Gasteiger partial charge in [-0.15, -0.1) is 0 Å². The molecule has 0 fully saturated rings. The summed E-state index contributed by atoms with van der Waals surface area (Å²) in [5, 5.41) is 3.88. The van der Waals surface area contributed by atoms with Crippen molar-refractivity contribution >= 4 is 11.6 Å². The summed E-state index contributed by atoms with van der Waals surface area (Å²) in [6.45, 7) is 0. The Morgan fingerprint density at radius 2 is 1.45 bits per heavy atom. The molecule has 0 saturated heterocycles. The van der Waals surface area contributed by atoms with Gasteiger partial charge in [0.2, 0.25) is 0 Å². The molecule has 0 aliphatic rings. The molecule has 1 N–H and O–H groups in total. The van der Waals surface area contributed by atoms with Gasteiger partial charge < -0.3 is 0 Å². The summed E-state index contributed by atoms with van der Waals surface area (Å²) in [5.74, 6) is -0.739. The fourth-order valence-corrected chi connectivity index (χ4v) is 2.62. The number of hydrogen-bond donors (Lipinski definition) is 1. The van der Waals surface area contributed by atoms with E-state index in [4.69, 9.17) is 0 Å². The van der Waals surface area contributed by atoms with Crippen LogP contribution in [0.4, 0.5) is 26.3 Å². The molecule has 0 radical (unpaired) electrons. The summed E-state index contributed by atoms with van der Waals surface area (Å²) in [7, 11) is 0. The average molecular weight is 437 g/mol.